The van der Waals surface area contributed by atoms with Crippen LogP contribution in [0.25, 0.3) is 0 Å². The summed E-state index contributed by atoms with van der Waals surface area (Å²) in [6.45, 7) is 0.683. The summed E-state index contributed by atoms with van der Waals surface area (Å²) in [6.07, 6.45) is 1.98. The number of aliphatic hydroxyl groups excluding tert-OH is 1. The summed E-state index contributed by atoms with van der Waals surface area (Å²) in [5.41, 5.74) is -0.0562. The molecular formula is C10H12ClNO2S. The van der Waals surface area contributed by atoms with E-state index in [0.717, 1.165) is 12.8 Å². The molecule has 0 bridgehead atoms. The van der Waals surface area contributed by atoms with Crippen molar-refractivity contribution in [3.8, 4) is 0 Å². The molecule has 0 saturated heterocycles. The Morgan fingerprint density at radius 1 is 1.67 bits per heavy atom. The Kier molecular flexibility index (Phi) is 3.00. The van der Waals surface area contributed by atoms with Crippen molar-refractivity contribution < 1.29 is 9.90 Å². The van der Waals surface area contributed by atoms with E-state index in [1.165, 1.54) is 11.3 Å². The van der Waals surface area contributed by atoms with E-state index >= 15 is 0 Å². The third-order valence-electron chi connectivity index (χ3n) is 2.74. The van der Waals surface area contributed by atoms with Crippen molar-refractivity contribution in [3.63, 3.8) is 0 Å². The number of carbonyl (C=O) groups is 1. The van der Waals surface area contributed by atoms with Crippen LogP contribution in [0.4, 0.5) is 0 Å². The Morgan fingerprint density at radius 2 is 2.40 bits per heavy atom. The second-order valence-electron chi connectivity index (χ2n) is 3.94. The van der Waals surface area contributed by atoms with Crippen LogP contribution < -0.4 is 5.32 Å². The van der Waals surface area contributed by atoms with E-state index in [-0.39, 0.29) is 17.9 Å². The quantitative estimate of drug-likeness (QED) is 0.851. The number of rotatable bonds is 4. The highest BCUT2D eigenvalue weighted by atomic mass is 35.5. The molecule has 1 aliphatic carbocycles. The smallest absolute Gasteiger partial charge is 0.262 e. The van der Waals surface area contributed by atoms with Crippen LogP contribution in [0.1, 0.15) is 22.5 Å². The zero-order valence-corrected chi connectivity index (χ0v) is 9.70. The van der Waals surface area contributed by atoms with E-state index < -0.39 is 0 Å². The normalized spacial score (nSPS) is 17.5. The maximum Gasteiger partial charge on any atom is 0.262 e. The third-order valence-corrected chi connectivity index (χ3v) is 4.08. The van der Waals surface area contributed by atoms with E-state index in [2.05, 4.69) is 5.32 Å². The van der Waals surface area contributed by atoms with Crippen LogP contribution >= 0.6 is 22.9 Å². The molecule has 5 heteroatoms. The molecule has 1 amide bonds. The Labute approximate surface area is 97.1 Å². The highest BCUT2D eigenvalue weighted by molar-refractivity contribution is 7.12. The molecule has 82 valence electrons. The van der Waals surface area contributed by atoms with E-state index in [4.69, 9.17) is 16.7 Å². The number of hydrogen-bond donors (Lipinski definition) is 2. The van der Waals surface area contributed by atoms with Crippen LogP contribution in [0.5, 0.6) is 0 Å². The Morgan fingerprint density at radius 3 is 2.87 bits per heavy atom. The molecule has 1 saturated carbocycles. The van der Waals surface area contributed by atoms with Gasteiger partial charge in [-0.15, -0.1) is 11.3 Å². The molecule has 1 heterocycles. The molecule has 2 N–H and O–H groups in total. The maximum absolute atomic E-state index is 11.7. The number of halogens is 1. The highest BCUT2D eigenvalue weighted by Crippen LogP contribution is 2.44. The molecule has 1 aromatic rings. The van der Waals surface area contributed by atoms with Crippen molar-refractivity contribution in [1.82, 2.24) is 5.32 Å². The lowest BCUT2D eigenvalue weighted by Gasteiger charge is -2.11. The van der Waals surface area contributed by atoms with Gasteiger partial charge in [-0.1, -0.05) is 11.6 Å². The minimum atomic E-state index is -0.144. The summed E-state index contributed by atoms with van der Waals surface area (Å²) in [5.74, 6) is -0.144. The summed E-state index contributed by atoms with van der Waals surface area (Å²) in [7, 11) is 0. The van der Waals surface area contributed by atoms with Gasteiger partial charge in [0.15, 0.2) is 0 Å². The minimum Gasteiger partial charge on any atom is -0.396 e. The average Bonchev–Trinajstić information content (AvgIpc) is 2.91. The molecule has 0 spiro atoms. The monoisotopic (exact) mass is 245 g/mol. The lowest BCUT2D eigenvalue weighted by atomic mass is 10.1. The van der Waals surface area contributed by atoms with Gasteiger partial charge in [-0.05, 0) is 24.3 Å². The second-order valence-corrected chi connectivity index (χ2v) is 5.26. The van der Waals surface area contributed by atoms with Gasteiger partial charge < -0.3 is 10.4 Å². The van der Waals surface area contributed by atoms with Crippen molar-refractivity contribution in [2.45, 2.75) is 12.8 Å². The number of amides is 1. The Bertz CT molecular complexity index is 373. The van der Waals surface area contributed by atoms with Crippen molar-refractivity contribution in [3.05, 3.63) is 21.3 Å². The number of carbonyl (C=O) groups excluding carboxylic acids is 1. The second kappa shape index (κ2) is 4.12. The predicted octanol–water partition coefficient (Wildman–Crippen LogP) is 1.90. The number of nitrogens with one attached hydrogen (secondary N) is 1. The topological polar surface area (TPSA) is 49.3 Å². The van der Waals surface area contributed by atoms with Crippen molar-refractivity contribution in [2.75, 3.05) is 13.2 Å². The van der Waals surface area contributed by atoms with Crippen LogP contribution in [0, 0.1) is 5.41 Å². The third kappa shape index (κ3) is 2.33. The van der Waals surface area contributed by atoms with Gasteiger partial charge in [0, 0.05) is 12.0 Å². The first-order chi connectivity index (χ1) is 7.17. The largest absolute Gasteiger partial charge is 0.396 e. The first-order valence-electron chi connectivity index (χ1n) is 4.79. The van der Waals surface area contributed by atoms with E-state index in [1.807, 2.05) is 0 Å². The van der Waals surface area contributed by atoms with Gasteiger partial charge in [0.25, 0.3) is 5.91 Å². The standard InChI is InChI=1S/C10H12ClNO2S/c11-7-1-4-15-8(7)9(14)12-5-10(6-13)2-3-10/h1,4,13H,2-3,5-6H2,(H,12,14). The van der Waals surface area contributed by atoms with Crippen molar-refractivity contribution in [1.29, 1.82) is 0 Å². The van der Waals surface area contributed by atoms with Crippen LogP contribution in [0.3, 0.4) is 0 Å². The molecular weight excluding hydrogens is 234 g/mol. The van der Waals surface area contributed by atoms with Crippen LogP contribution in [-0.2, 0) is 0 Å². The molecule has 0 unspecified atom stereocenters. The van der Waals surface area contributed by atoms with Crippen molar-refractivity contribution >= 4 is 28.8 Å². The molecule has 0 aliphatic heterocycles. The fourth-order valence-corrected chi connectivity index (χ4v) is 2.43. The van der Waals surface area contributed by atoms with Gasteiger partial charge in [0.2, 0.25) is 0 Å². The van der Waals surface area contributed by atoms with E-state index in [9.17, 15) is 4.79 Å². The fourth-order valence-electron chi connectivity index (χ4n) is 1.37. The average molecular weight is 246 g/mol. The number of hydrogen-bond acceptors (Lipinski definition) is 3. The first kappa shape index (κ1) is 10.9. The summed E-state index contributed by atoms with van der Waals surface area (Å²) >= 11 is 7.16. The Balaban J connectivity index is 1.91. The molecule has 0 aromatic carbocycles. The van der Waals surface area contributed by atoms with Gasteiger partial charge in [0.1, 0.15) is 4.88 Å². The van der Waals surface area contributed by atoms with E-state index in [0.29, 0.717) is 16.4 Å². The number of thiophene rings is 1. The fraction of sp³-hybridized carbons (Fsp3) is 0.500. The summed E-state index contributed by atoms with van der Waals surface area (Å²) in [6, 6.07) is 1.71. The molecule has 3 nitrogen and oxygen atoms in total. The van der Waals surface area contributed by atoms with Crippen LogP contribution in [0.2, 0.25) is 5.02 Å². The maximum atomic E-state index is 11.7. The van der Waals surface area contributed by atoms with Gasteiger partial charge in [-0.2, -0.15) is 0 Å². The molecule has 0 radical (unpaired) electrons. The van der Waals surface area contributed by atoms with Crippen LogP contribution in [-0.4, -0.2) is 24.2 Å². The lowest BCUT2D eigenvalue weighted by molar-refractivity contribution is 0.0939. The van der Waals surface area contributed by atoms with Gasteiger partial charge >= 0.3 is 0 Å². The van der Waals surface area contributed by atoms with Crippen molar-refractivity contribution in [2.24, 2.45) is 5.41 Å². The molecule has 15 heavy (non-hydrogen) atoms. The summed E-state index contributed by atoms with van der Waals surface area (Å²) < 4.78 is 0. The van der Waals surface area contributed by atoms with Gasteiger partial charge in [0.05, 0.1) is 11.6 Å². The Hall–Kier alpha value is -0.580. The SMILES string of the molecule is O=C(NCC1(CO)CC1)c1sccc1Cl. The molecule has 1 aromatic heterocycles. The minimum absolute atomic E-state index is 0.0562. The van der Waals surface area contributed by atoms with Gasteiger partial charge in [-0.25, -0.2) is 0 Å². The first-order valence-corrected chi connectivity index (χ1v) is 6.05. The van der Waals surface area contributed by atoms with E-state index in [1.54, 1.807) is 11.4 Å². The zero-order chi connectivity index (χ0) is 10.9. The molecule has 1 aliphatic rings. The molecule has 2 rings (SSSR count). The predicted molar refractivity (Wildman–Crippen MR) is 60.4 cm³/mol. The summed E-state index contributed by atoms with van der Waals surface area (Å²) in [4.78, 5) is 12.2. The zero-order valence-electron chi connectivity index (χ0n) is 8.12. The molecule has 1 fully saturated rings. The highest BCUT2D eigenvalue weighted by Gasteiger charge is 2.42. The number of aliphatic hydroxyl groups is 1. The summed E-state index contributed by atoms with van der Waals surface area (Å²) in [5, 5.41) is 14.2. The lowest BCUT2D eigenvalue weighted by Crippen LogP contribution is -2.31. The molecule has 0 atom stereocenters. The van der Waals surface area contributed by atoms with Gasteiger partial charge in [-0.3, -0.25) is 4.79 Å². The van der Waals surface area contributed by atoms with Crippen LogP contribution in [0.15, 0.2) is 11.4 Å².